The van der Waals surface area contributed by atoms with Crippen molar-refractivity contribution in [3.63, 3.8) is 0 Å². The van der Waals surface area contributed by atoms with E-state index in [-0.39, 0.29) is 0 Å². The van der Waals surface area contributed by atoms with Gasteiger partial charge in [-0.25, -0.2) is 0 Å². The Kier molecular flexibility index (Phi) is 6.09. The molecule has 12 rings (SSSR count). The highest BCUT2D eigenvalue weighted by Crippen LogP contribution is 2.46. The van der Waals surface area contributed by atoms with Crippen LogP contribution in [0.25, 0.3) is 120 Å². The number of benzene rings is 10. The third-order valence-electron chi connectivity index (χ3n) is 11.4. The molecule has 10 aromatic carbocycles. The Bertz CT molecular complexity index is 3450. The highest BCUT2D eigenvalue weighted by Gasteiger charge is 2.20. The molecule has 2 aromatic heterocycles. The molecule has 0 spiro atoms. The van der Waals surface area contributed by atoms with Crippen LogP contribution in [0.5, 0.6) is 0 Å². The molecule has 2 nitrogen and oxygen atoms in total. The molecule has 0 amide bonds. The number of rotatable bonds is 3. The van der Waals surface area contributed by atoms with Crippen molar-refractivity contribution in [2.75, 3.05) is 0 Å². The molecule has 0 bridgehead atoms. The van der Waals surface area contributed by atoms with Gasteiger partial charge in [0, 0.05) is 21.5 Å². The van der Waals surface area contributed by atoms with E-state index in [2.05, 4.69) is 170 Å². The molecule has 54 heavy (non-hydrogen) atoms. The molecular weight excluding hydrogens is 657 g/mol. The monoisotopic (exact) mass is 686 g/mol. The summed E-state index contributed by atoms with van der Waals surface area (Å²) < 4.78 is 12.9. The van der Waals surface area contributed by atoms with E-state index in [9.17, 15) is 0 Å². The molecule has 0 radical (unpaired) electrons. The highest BCUT2D eigenvalue weighted by molar-refractivity contribution is 6.23. The summed E-state index contributed by atoms with van der Waals surface area (Å²) in [6.07, 6.45) is 0. The van der Waals surface area contributed by atoms with E-state index in [0.717, 1.165) is 49.4 Å². The van der Waals surface area contributed by atoms with Crippen molar-refractivity contribution >= 4 is 87.0 Å². The highest BCUT2D eigenvalue weighted by atomic mass is 16.4. The number of hydrogen-bond acceptors (Lipinski definition) is 2. The van der Waals surface area contributed by atoms with Gasteiger partial charge >= 0.3 is 0 Å². The van der Waals surface area contributed by atoms with Gasteiger partial charge in [0.05, 0.1) is 0 Å². The first-order chi connectivity index (χ1) is 26.7. The van der Waals surface area contributed by atoms with Crippen LogP contribution in [0.4, 0.5) is 0 Å². The van der Waals surface area contributed by atoms with Gasteiger partial charge in [-0.15, -0.1) is 0 Å². The Hall–Kier alpha value is -7.16. The van der Waals surface area contributed by atoms with Crippen molar-refractivity contribution in [3.05, 3.63) is 182 Å². The van der Waals surface area contributed by atoms with Crippen molar-refractivity contribution < 1.29 is 8.83 Å². The molecule has 2 heteroatoms. The summed E-state index contributed by atoms with van der Waals surface area (Å²) in [7, 11) is 0. The molecule has 0 N–H and O–H groups in total. The van der Waals surface area contributed by atoms with Gasteiger partial charge in [-0.3, -0.25) is 0 Å². The summed E-state index contributed by atoms with van der Waals surface area (Å²) >= 11 is 0. The average molecular weight is 687 g/mol. The van der Waals surface area contributed by atoms with Crippen LogP contribution in [-0.2, 0) is 0 Å². The summed E-state index contributed by atoms with van der Waals surface area (Å²) in [4.78, 5) is 0. The van der Waals surface area contributed by atoms with E-state index in [0.29, 0.717) is 0 Å². The second kappa shape index (κ2) is 11.2. The Morgan fingerprint density at radius 3 is 1.28 bits per heavy atom. The smallest absolute Gasteiger partial charge is 0.178 e. The first-order valence-electron chi connectivity index (χ1n) is 18.5. The standard InChI is InChI=1S/C52H30O2/c1-2-10-32-27-33(18-17-31(32)9-1)34-19-20-36-29-37(22-21-35(36)28-34)49-40-12-3-5-14-42(40)50(43-15-6-4-13-41(43)49)38-23-26-48-46(30-38)45-25-24-44-39-11-7-8-16-47(39)53-51(44)52(45)54-48/h1-30H. The van der Waals surface area contributed by atoms with Crippen LogP contribution in [-0.4, -0.2) is 0 Å². The maximum Gasteiger partial charge on any atom is 0.178 e. The van der Waals surface area contributed by atoms with Gasteiger partial charge in [-0.05, 0) is 125 Å². The molecule has 0 aliphatic carbocycles. The zero-order valence-corrected chi connectivity index (χ0v) is 29.1. The first-order valence-corrected chi connectivity index (χ1v) is 18.5. The van der Waals surface area contributed by atoms with E-state index >= 15 is 0 Å². The van der Waals surface area contributed by atoms with Crippen molar-refractivity contribution in [3.8, 4) is 33.4 Å². The predicted molar refractivity (Wildman–Crippen MR) is 227 cm³/mol. The molecule has 0 saturated heterocycles. The number of furan rings is 2. The van der Waals surface area contributed by atoms with Crippen LogP contribution in [0.3, 0.4) is 0 Å². The minimum absolute atomic E-state index is 0.793. The maximum absolute atomic E-state index is 6.53. The third kappa shape index (κ3) is 4.28. The first kappa shape index (κ1) is 29.4. The summed E-state index contributed by atoms with van der Waals surface area (Å²) in [6.45, 7) is 0. The zero-order valence-electron chi connectivity index (χ0n) is 29.1. The Morgan fingerprint density at radius 2 is 0.648 bits per heavy atom. The lowest BCUT2D eigenvalue weighted by atomic mass is 9.85. The SMILES string of the molecule is c1ccc2cc(-c3ccc4cc(-c5c6ccccc6c(-c6ccc7oc8c(ccc9c%10ccccc%10oc98)c7c6)c6ccccc56)ccc4c3)ccc2c1. The Balaban J connectivity index is 1.03. The van der Waals surface area contributed by atoms with Crippen molar-refractivity contribution in [1.82, 2.24) is 0 Å². The van der Waals surface area contributed by atoms with Crippen LogP contribution < -0.4 is 0 Å². The van der Waals surface area contributed by atoms with Gasteiger partial charge in [-0.1, -0.05) is 133 Å². The Labute approximate surface area is 310 Å². The van der Waals surface area contributed by atoms with Gasteiger partial charge in [0.2, 0.25) is 0 Å². The number of hydrogen-bond donors (Lipinski definition) is 0. The second-order valence-corrected chi connectivity index (χ2v) is 14.4. The second-order valence-electron chi connectivity index (χ2n) is 14.4. The fraction of sp³-hybridized carbons (Fsp3) is 0. The largest absolute Gasteiger partial charge is 0.452 e. The maximum atomic E-state index is 6.53. The topological polar surface area (TPSA) is 26.3 Å². The lowest BCUT2D eigenvalue weighted by molar-refractivity contribution is 0.633. The van der Waals surface area contributed by atoms with E-state index in [4.69, 9.17) is 8.83 Å². The van der Waals surface area contributed by atoms with Crippen molar-refractivity contribution in [2.45, 2.75) is 0 Å². The molecule has 2 heterocycles. The van der Waals surface area contributed by atoms with Crippen LogP contribution >= 0.6 is 0 Å². The minimum atomic E-state index is 0.793. The summed E-state index contributed by atoms with van der Waals surface area (Å²) in [5.74, 6) is 0. The van der Waals surface area contributed by atoms with Gasteiger partial charge < -0.3 is 8.83 Å². The fourth-order valence-corrected chi connectivity index (χ4v) is 8.87. The van der Waals surface area contributed by atoms with E-state index in [1.54, 1.807) is 0 Å². The molecule has 0 saturated carbocycles. The molecule has 0 unspecified atom stereocenters. The lowest BCUT2D eigenvalue weighted by Crippen LogP contribution is -1.91. The molecular formula is C52H30O2. The zero-order chi connectivity index (χ0) is 35.3. The molecule has 0 fully saturated rings. The van der Waals surface area contributed by atoms with Crippen molar-refractivity contribution in [2.24, 2.45) is 0 Å². The quantitative estimate of drug-likeness (QED) is 0.173. The summed E-state index contributed by atoms with van der Waals surface area (Å²) in [6, 6.07) is 65.9. The predicted octanol–water partition coefficient (Wildman–Crippen LogP) is 15.1. The molecule has 0 aliphatic heterocycles. The number of fused-ring (bicyclic) bond motifs is 11. The van der Waals surface area contributed by atoms with Crippen LogP contribution in [0, 0.1) is 0 Å². The minimum Gasteiger partial charge on any atom is -0.452 e. The van der Waals surface area contributed by atoms with Crippen molar-refractivity contribution in [1.29, 1.82) is 0 Å². The van der Waals surface area contributed by atoms with Gasteiger partial charge in [0.1, 0.15) is 11.2 Å². The molecule has 0 atom stereocenters. The molecule has 250 valence electrons. The van der Waals surface area contributed by atoms with Crippen LogP contribution in [0.1, 0.15) is 0 Å². The summed E-state index contributed by atoms with van der Waals surface area (Å²) in [5.41, 5.74) is 10.6. The number of para-hydroxylation sites is 1. The van der Waals surface area contributed by atoms with E-state index < -0.39 is 0 Å². The summed E-state index contributed by atoms with van der Waals surface area (Å²) in [5, 5.41) is 14.2. The van der Waals surface area contributed by atoms with Gasteiger partial charge in [0.25, 0.3) is 0 Å². The van der Waals surface area contributed by atoms with Crippen LogP contribution in [0.15, 0.2) is 191 Å². The third-order valence-corrected chi connectivity index (χ3v) is 11.4. The van der Waals surface area contributed by atoms with E-state index in [1.165, 1.54) is 70.9 Å². The fourth-order valence-electron chi connectivity index (χ4n) is 8.87. The normalized spacial score (nSPS) is 12.1. The van der Waals surface area contributed by atoms with Gasteiger partial charge in [0.15, 0.2) is 11.2 Å². The Morgan fingerprint density at radius 1 is 0.241 bits per heavy atom. The average Bonchev–Trinajstić information content (AvgIpc) is 3.80. The van der Waals surface area contributed by atoms with Crippen LogP contribution in [0.2, 0.25) is 0 Å². The van der Waals surface area contributed by atoms with E-state index in [1.807, 2.05) is 12.1 Å². The van der Waals surface area contributed by atoms with Gasteiger partial charge in [-0.2, -0.15) is 0 Å². The lowest BCUT2D eigenvalue weighted by Gasteiger charge is -2.18. The molecule has 0 aliphatic rings. The molecule has 12 aromatic rings.